The van der Waals surface area contributed by atoms with Gasteiger partial charge in [-0.1, -0.05) is 0 Å². The van der Waals surface area contributed by atoms with Crippen molar-refractivity contribution in [3.05, 3.63) is 34.5 Å². The Balaban J connectivity index is 2.41. The third-order valence-corrected chi connectivity index (χ3v) is 3.56. The molecule has 0 atom stereocenters. The topological polar surface area (TPSA) is 146 Å². The minimum Gasteiger partial charge on any atom is -0.508 e. The minimum absolute atomic E-state index is 0.0686. The van der Waals surface area contributed by atoms with Crippen molar-refractivity contribution in [1.29, 1.82) is 0 Å². The lowest BCUT2D eigenvalue weighted by molar-refractivity contribution is 0.346. The molecule has 1 heterocycles. The number of benzene rings is 2. The summed E-state index contributed by atoms with van der Waals surface area (Å²) in [6.07, 6.45) is 0. The van der Waals surface area contributed by atoms with Gasteiger partial charge in [0.25, 0.3) is 0 Å². The van der Waals surface area contributed by atoms with Gasteiger partial charge in [0.2, 0.25) is 11.2 Å². The molecule has 0 amide bonds. The summed E-state index contributed by atoms with van der Waals surface area (Å²) in [4.78, 5) is 12.5. The van der Waals surface area contributed by atoms with Crippen molar-refractivity contribution in [3.8, 4) is 40.1 Å². The Hall–Kier alpha value is -3.55. The first-order valence-electron chi connectivity index (χ1n) is 6.72. The number of fused-ring (bicyclic) bond motifs is 1. The summed E-state index contributed by atoms with van der Waals surface area (Å²) in [7, 11) is 1.22. The summed E-state index contributed by atoms with van der Waals surface area (Å²) >= 11 is 0. The molecule has 0 fully saturated rings. The van der Waals surface area contributed by atoms with E-state index in [2.05, 4.69) is 0 Å². The molecule has 0 bridgehead atoms. The number of nitrogens with two attached hydrogens (primary N) is 1. The minimum atomic E-state index is -0.755. The van der Waals surface area contributed by atoms with Gasteiger partial charge in [0.15, 0.2) is 17.3 Å². The monoisotopic (exact) mass is 331 g/mol. The van der Waals surface area contributed by atoms with Crippen LogP contribution in [0.1, 0.15) is 0 Å². The molecule has 3 rings (SSSR count). The van der Waals surface area contributed by atoms with Crippen LogP contribution in [0.2, 0.25) is 0 Å². The number of anilines is 1. The van der Waals surface area contributed by atoms with Crippen LogP contribution in [0.5, 0.6) is 28.7 Å². The van der Waals surface area contributed by atoms with E-state index in [1.165, 1.54) is 19.2 Å². The number of hydrogen-bond donors (Lipinski definition) is 5. The number of ether oxygens (including phenoxy) is 1. The maximum absolute atomic E-state index is 12.5. The molecule has 6 N–H and O–H groups in total. The Morgan fingerprint density at radius 1 is 1.08 bits per heavy atom. The Kier molecular flexibility index (Phi) is 3.37. The lowest BCUT2D eigenvalue weighted by Crippen LogP contribution is -2.10. The quantitative estimate of drug-likeness (QED) is 0.478. The number of methoxy groups -OCH3 is 1. The second kappa shape index (κ2) is 5.27. The maximum atomic E-state index is 12.5. The number of hydrogen-bond acceptors (Lipinski definition) is 8. The predicted molar refractivity (Wildman–Crippen MR) is 85.5 cm³/mol. The van der Waals surface area contributed by atoms with Crippen molar-refractivity contribution in [2.75, 3.05) is 12.8 Å². The standard InChI is InChI=1S/C16H13NO7/c1-23-16-9(20)5-10-11(14(16)22)13(21)12(17)15(24-10)7-3-2-6(18)4-8(7)19/h2-5,18-20,22H,17H2,1H3. The van der Waals surface area contributed by atoms with Crippen LogP contribution in [0.4, 0.5) is 5.69 Å². The van der Waals surface area contributed by atoms with Gasteiger partial charge in [-0.2, -0.15) is 0 Å². The predicted octanol–water partition coefficient (Wildman–Crippen LogP) is 1.87. The molecule has 0 unspecified atom stereocenters. The van der Waals surface area contributed by atoms with Gasteiger partial charge in [0, 0.05) is 12.1 Å². The summed E-state index contributed by atoms with van der Waals surface area (Å²) in [5.74, 6) is -2.02. The van der Waals surface area contributed by atoms with Gasteiger partial charge in [-0.05, 0) is 12.1 Å². The fourth-order valence-corrected chi connectivity index (χ4v) is 2.43. The van der Waals surface area contributed by atoms with Crippen LogP contribution in [-0.2, 0) is 0 Å². The molecule has 0 spiro atoms. The SMILES string of the molecule is COc1c(O)cc2oc(-c3ccc(O)cc3O)c(N)c(=O)c2c1O. The van der Waals surface area contributed by atoms with Crippen molar-refractivity contribution < 1.29 is 29.6 Å². The fraction of sp³-hybridized carbons (Fsp3) is 0.0625. The highest BCUT2D eigenvalue weighted by Crippen LogP contribution is 2.43. The zero-order valence-electron chi connectivity index (χ0n) is 12.4. The molecule has 0 saturated carbocycles. The Morgan fingerprint density at radius 3 is 2.42 bits per heavy atom. The van der Waals surface area contributed by atoms with E-state index < -0.39 is 16.9 Å². The second-order valence-electron chi connectivity index (χ2n) is 5.03. The average molecular weight is 331 g/mol. The van der Waals surface area contributed by atoms with Crippen molar-refractivity contribution in [2.45, 2.75) is 0 Å². The van der Waals surface area contributed by atoms with Crippen LogP contribution >= 0.6 is 0 Å². The number of phenolic OH excluding ortho intramolecular Hbond substituents is 4. The van der Waals surface area contributed by atoms with Gasteiger partial charge >= 0.3 is 0 Å². The lowest BCUT2D eigenvalue weighted by Gasteiger charge is -2.12. The van der Waals surface area contributed by atoms with Crippen molar-refractivity contribution in [2.24, 2.45) is 0 Å². The van der Waals surface area contributed by atoms with E-state index in [-0.39, 0.29) is 45.2 Å². The first kappa shape index (κ1) is 15.3. The third-order valence-electron chi connectivity index (χ3n) is 3.56. The summed E-state index contributed by atoms with van der Waals surface area (Å²) in [6.45, 7) is 0. The van der Waals surface area contributed by atoms with Gasteiger partial charge in [0.1, 0.15) is 28.2 Å². The highest BCUT2D eigenvalue weighted by Gasteiger charge is 2.22. The largest absolute Gasteiger partial charge is 0.508 e. The van der Waals surface area contributed by atoms with Crippen LogP contribution in [-0.4, -0.2) is 27.5 Å². The molecule has 0 saturated heterocycles. The number of aromatic hydroxyl groups is 4. The fourth-order valence-electron chi connectivity index (χ4n) is 2.43. The normalized spacial score (nSPS) is 10.9. The summed E-state index contributed by atoms with van der Waals surface area (Å²) in [5.41, 5.74) is 4.60. The van der Waals surface area contributed by atoms with Crippen LogP contribution in [0, 0.1) is 0 Å². The maximum Gasteiger partial charge on any atom is 0.220 e. The molecule has 0 aliphatic rings. The zero-order chi connectivity index (χ0) is 17.6. The molecular weight excluding hydrogens is 318 g/mol. The molecular formula is C16H13NO7. The summed E-state index contributed by atoms with van der Waals surface area (Å²) in [6, 6.07) is 4.74. The van der Waals surface area contributed by atoms with Gasteiger partial charge in [-0.3, -0.25) is 4.79 Å². The summed E-state index contributed by atoms with van der Waals surface area (Å²) in [5, 5.41) is 39.0. The van der Waals surface area contributed by atoms with Crippen molar-refractivity contribution in [1.82, 2.24) is 0 Å². The molecule has 1 aromatic heterocycles. The van der Waals surface area contributed by atoms with E-state index in [1.54, 1.807) is 0 Å². The van der Waals surface area contributed by atoms with E-state index in [0.29, 0.717) is 0 Å². The molecule has 8 heteroatoms. The second-order valence-corrected chi connectivity index (χ2v) is 5.03. The average Bonchev–Trinajstić information content (AvgIpc) is 2.51. The van der Waals surface area contributed by atoms with E-state index >= 15 is 0 Å². The number of phenols is 4. The molecule has 0 radical (unpaired) electrons. The molecule has 8 nitrogen and oxygen atoms in total. The highest BCUT2D eigenvalue weighted by molar-refractivity contribution is 5.93. The van der Waals surface area contributed by atoms with Gasteiger partial charge in [-0.15, -0.1) is 0 Å². The molecule has 124 valence electrons. The van der Waals surface area contributed by atoms with Crippen LogP contribution in [0.15, 0.2) is 33.5 Å². The molecule has 0 aliphatic carbocycles. The van der Waals surface area contributed by atoms with E-state index in [0.717, 1.165) is 12.1 Å². The van der Waals surface area contributed by atoms with Gasteiger partial charge in [0.05, 0.1) is 12.7 Å². The number of rotatable bonds is 2. The van der Waals surface area contributed by atoms with Crippen LogP contribution in [0.3, 0.4) is 0 Å². The Morgan fingerprint density at radius 2 is 1.79 bits per heavy atom. The number of nitrogen functional groups attached to an aromatic ring is 1. The van der Waals surface area contributed by atoms with Gasteiger partial charge < -0.3 is 35.3 Å². The van der Waals surface area contributed by atoms with Crippen LogP contribution < -0.4 is 15.9 Å². The zero-order valence-corrected chi connectivity index (χ0v) is 12.4. The first-order valence-corrected chi connectivity index (χ1v) is 6.72. The van der Waals surface area contributed by atoms with E-state index in [9.17, 15) is 25.2 Å². The summed E-state index contributed by atoms with van der Waals surface area (Å²) < 4.78 is 10.3. The van der Waals surface area contributed by atoms with E-state index in [4.69, 9.17) is 14.9 Å². The third kappa shape index (κ3) is 2.12. The Labute approximate surface area is 134 Å². The van der Waals surface area contributed by atoms with Crippen molar-refractivity contribution >= 4 is 16.7 Å². The highest BCUT2D eigenvalue weighted by atomic mass is 16.5. The molecule has 0 aliphatic heterocycles. The van der Waals surface area contributed by atoms with Crippen LogP contribution in [0.25, 0.3) is 22.3 Å². The molecule has 3 aromatic rings. The van der Waals surface area contributed by atoms with Gasteiger partial charge in [-0.25, -0.2) is 0 Å². The Bertz CT molecular complexity index is 1020. The molecule has 24 heavy (non-hydrogen) atoms. The smallest absolute Gasteiger partial charge is 0.220 e. The lowest BCUT2D eigenvalue weighted by atomic mass is 10.1. The van der Waals surface area contributed by atoms with Crippen molar-refractivity contribution in [3.63, 3.8) is 0 Å². The molecule has 2 aromatic carbocycles. The van der Waals surface area contributed by atoms with E-state index in [1.807, 2.05) is 0 Å². The first-order chi connectivity index (χ1) is 11.3.